The Hall–Kier alpha value is -2.63. The van der Waals surface area contributed by atoms with Crippen LogP contribution in [0.25, 0.3) is 0 Å². The number of benzene rings is 1. The van der Waals surface area contributed by atoms with Crippen molar-refractivity contribution in [1.82, 2.24) is 14.5 Å². The van der Waals surface area contributed by atoms with Crippen LogP contribution in [-0.4, -0.2) is 46.5 Å². The van der Waals surface area contributed by atoms with Crippen LogP contribution < -0.4 is 0 Å². The van der Waals surface area contributed by atoms with Gasteiger partial charge in [-0.1, -0.05) is 17.7 Å². The van der Waals surface area contributed by atoms with Crippen LogP contribution in [0.5, 0.6) is 0 Å². The fourth-order valence-corrected chi connectivity index (χ4v) is 2.39. The van der Waals surface area contributed by atoms with Gasteiger partial charge in [0.25, 0.3) is 5.91 Å². The highest BCUT2D eigenvalue weighted by atomic mass is 16.5. The van der Waals surface area contributed by atoms with Gasteiger partial charge in [0.15, 0.2) is 0 Å². The second kappa shape index (κ2) is 8.86. The minimum atomic E-state index is -0.314. The Morgan fingerprint density at radius 2 is 1.96 bits per heavy atom. The molecule has 0 spiro atoms. The number of aryl methyl sites for hydroxylation is 2. The lowest BCUT2D eigenvalue weighted by atomic mass is 10.1. The largest absolute Gasteiger partial charge is 0.469 e. The molecule has 0 atom stereocenters. The fraction of sp³-hybridized carbons (Fsp3) is 0.389. The van der Waals surface area contributed by atoms with Crippen LogP contribution in [0.2, 0.25) is 0 Å². The molecule has 1 amide bonds. The monoisotopic (exact) mass is 329 g/mol. The van der Waals surface area contributed by atoms with Crippen molar-refractivity contribution in [2.45, 2.75) is 26.3 Å². The first-order chi connectivity index (χ1) is 11.6. The van der Waals surface area contributed by atoms with E-state index in [-0.39, 0.29) is 18.3 Å². The Balaban J connectivity index is 1.98. The van der Waals surface area contributed by atoms with Crippen molar-refractivity contribution in [1.29, 1.82) is 0 Å². The van der Waals surface area contributed by atoms with Gasteiger partial charge in [-0.2, -0.15) is 0 Å². The number of amides is 1. The number of carbonyl (C=O) groups is 2. The predicted octanol–water partition coefficient (Wildman–Crippen LogP) is 2.29. The maximum Gasteiger partial charge on any atom is 0.307 e. The molecule has 128 valence electrons. The number of hydrogen-bond donors (Lipinski definition) is 0. The van der Waals surface area contributed by atoms with Crippen LogP contribution in [0.4, 0.5) is 0 Å². The number of aromatic nitrogens is 2. The summed E-state index contributed by atoms with van der Waals surface area (Å²) in [5.74, 6) is -0.379. The Labute approximate surface area is 142 Å². The standard InChI is InChI=1S/C18H23N3O3/c1-15-4-6-16(7-5-15)18(23)21(12-8-17(22)24-2)11-3-10-20-13-9-19-14-20/h4-7,9,13-14H,3,8,10-12H2,1-2H3. The van der Waals surface area contributed by atoms with E-state index in [1.807, 2.05) is 42.0 Å². The summed E-state index contributed by atoms with van der Waals surface area (Å²) >= 11 is 0. The van der Waals surface area contributed by atoms with Crippen LogP contribution in [0.3, 0.4) is 0 Å². The topological polar surface area (TPSA) is 64.4 Å². The molecule has 2 rings (SSSR count). The van der Waals surface area contributed by atoms with Gasteiger partial charge >= 0.3 is 5.97 Å². The van der Waals surface area contributed by atoms with Crippen molar-refractivity contribution in [3.8, 4) is 0 Å². The van der Waals surface area contributed by atoms with Crippen molar-refractivity contribution in [3.05, 3.63) is 54.1 Å². The maximum absolute atomic E-state index is 12.7. The number of hydrogen-bond acceptors (Lipinski definition) is 4. The molecule has 1 aromatic carbocycles. The number of imidazole rings is 1. The quantitative estimate of drug-likeness (QED) is 0.697. The fourth-order valence-electron chi connectivity index (χ4n) is 2.39. The third-order valence-electron chi connectivity index (χ3n) is 3.80. The Kier molecular flexibility index (Phi) is 6.54. The summed E-state index contributed by atoms with van der Waals surface area (Å²) in [4.78, 5) is 29.8. The third-order valence-corrected chi connectivity index (χ3v) is 3.80. The Morgan fingerprint density at radius 3 is 2.58 bits per heavy atom. The molecule has 0 aliphatic carbocycles. The molecule has 6 heteroatoms. The smallest absolute Gasteiger partial charge is 0.307 e. The zero-order valence-electron chi connectivity index (χ0n) is 14.1. The average Bonchev–Trinajstić information content (AvgIpc) is 3.11. The number of rotatable bonds is 8. The molecule has 0 radical (unpaired) electrons. The summed E-state index contributed by atoms with van der Waals surface area (Å²) in [6, 6.07) is 7.46. The highest BCUT2D eigenvalue weighted by molar-refractivity contribution is 5.94. The van der Waals surface area contributed by atoms with E-state index in [4.69, 9.17) is 0 Å². The molecule has 1 aromatic heterocycles. The minimum absolute atomic E-state index is 0.0652. The Morgan fingerprint density at radius 1 is 1.21 bits per heavy atom. The zero-order chi connectivity index (χ0) is 17.4. The summed E-state index contributed by atoms with van der Waals surface area (Å²) in [5.41, 5.74) is 1.74. The summed E-state index contributed by atoms with van der Waals surface area (Å²) in [5, 5.41) is 0. The maximum atomic E-state index is 12.7. The lowest BCUT2D eigenvalue weighted by Gasteiger charge is -2.22. The molecule has 0 aliphatic rings. The summed E-state index contributed by atoms with van der Waals surface area (Å²) in [6.07, 6.45) is 6.35. The minimum Gasteiger partial charge on any atom is -0.469 e. The number of nitrogens with zero attached hydrogens (tertiary/aromatic N) is 3. The van der Waals surface area contributed by atoms with E-state index in [0.717, 1.165) is 18.5 Å². The molecule has 6 nitrogen and oxygen atoms in total. The molecule has 0 saturated carbocycles. The second-order valence-electron chi connectivity index (χ2n) is 5.64. The molecule has 0 aliphatic heterocycles. The van der Waals surface area contributed by atoms with Crippen LogP contribution in [0.1, 0.15) is 28.8 Å². The molecular weight excluding hydrogens is 306 g/mol. The molecule has 0 saturated heterocycles. The predicted molar refractivity (Wildman–Crippen MR) is 90.6 cm³/mol. The van der Waals surface area contributed by atoms with E-state index < -0.39 is 0 Å². The molecule has 0 unspecified atom stereocenters. The SMILES string of the molecule is COC(=O)CCN(CCCn1ccnc1)C(=O)c1ccc(C)cc1. The van der Waals surface area contributed by atoms with Crippen molar-refractivity contribution in [2.75, 3.05) is 20.2 Å². The molecule has 0 bridgehead atoms. The summed E-state index contributed by atoms with van der Waals surface area (Å²) < 4.78 is 6.64. The van der Waals surface area contributed by atoms with Crippen LogP contribution in [-0.2, 0) is 16.1 Å². The molecule has 0 N–H and O–H groups in total. The number of carbonyl (C=O) groups excluding carboxylic acids is 2. The van der Waals surface area contributed by atoms with E-state index in [2.05, 4.69) is 9.72 Å². The molecular formula is C18H23N3O3. The highest BCUT2D eigenvalue weighted by Gasteiger charge is 2.16. The van der Waals surface area contributed by atoms with Crippen molar-refractivity contribution in [3.63, 3.8) is 0 Å². The van der Waals surface area contributed by atoms with E-state index >= 15 is 0 Å². The van der Waals surface area contributed by atoms with Gasteiger partial charge in [-0.25, -0.2) is 4.98 Å². The first kappa shape index (κ1) is 17.7. The van der Waals surface area contributed by atoms with Gasteiger partial charge in [0.1, 0.15) is 0 Å². The number of esters is 1. The van der Waals surface area contributed by atoms with Gasteiger partial charge in [-0.3, -0.25) is 9.59 Å². The second-order valence-corrected chi connectivity index (χ2v) is 5.64. The van der Waals surface area contributed by atoms with E-state index in [0.29, 0.717) is 18.7 Å². The molecule has 1 heterocycles. The number of methoxy groups -OCH3 is 1. The molecule has 24 heavy (non-hydrogen) atoms. The first-order valence-electron chi connectivity index (χ1n) is 7.98. The van der Waals surface area contributed by atoms with Crippen LogP contribution >= 0.6 is 0 Å². The van der Waals surface area contributed by atoms with Crippen molar-refractivity contribution >= 4 is 11.9 Å². The van der Waals surface area contributed by atoms with Crippen molar-refractivity contribution in [2.24, 2.45) is 0 Å². The van der Waals surface area contributed by atoms with Gasteiger partial charge in [0.05, 0.1) is 19.9 Å². The first-order valence-corrected chi connectivity index (χ1v) is 7.98. The number of ether oxygens (including phenoxy) is 1. The van der Waals surface area contributed by atoms with Crippen LogP contribution in [0, 0.1) is 6.92 Å². The van der Waals surface area contributed by atoms with E-state index in [1.54, 1.807) is 17.4 Å². The van der Waals surface area contributed by atoms with Crippen molar-refractivity contribution < 1.29 is 14.3 Å². The zero-order valence-corrected chi connectivity index (χ0v) is 14.1. The van der Waals surface area contributed by atoms with Crippen LogP contribution in [0.15, 0.2) is 43.0 Å². The van der Waals surface area contributed by atoms with Gasteiger partial charge in [-0.15, -0.1) is 0 Å². The summed E-state index contributed by atoms with van der Waals surface area (Å²) in [7, 11) is 1.35. The lowest BCUT2D eigenvalue weighted by molar-refractivity contribution is -0.140. The molecule has 2 aromatic rings. The normalized spacial score (nSPS) is 10.4. The molecule has 0 fully saturated rings. The lowest BCUT2D eigenvalue weighted by Crippen LogP contribution is -2.34. The highest BCUT2D eigenvalue weighted by Crippen LogP contribution is 2.09. The van der Waals surface area contributed by atoms with E-state index in [9.17, 15) is 9.59 Å². The van der Waals surface area contributed by atoms with Gasteiger partial charge in [0, 0.05) is 37.6 Å². The van der Waals surface area contributed by atoms with E-state index in [1.165, 1.54) is 7.11 Å². The summed E-state index contributed by atoms with van der Waals surface area (Å²) in [6.45, 7) is 3.68. The van der Waals surface area contributed by atoms with Gasteiger partial charge < -0.3 is 14.2 Å². The van der Waals surface area contributed by atoms with Gasteiger partial charge in [0.2, 0.25) is 0 Å². The third kappa shape index (κ3) is 5.22. The van der Waals surface area contributed by atoms with Gasteiger partial charge in [-0.05, 0) is 25.5 Å². The Bertz CT molecular complexity index is 651. The average molecular weight is 329 g/mol.